The lowest BCUT2D eigenvalue weighted by Gasteiger charge is -2.26. The largest absolute Gasteiger partial charge is 0.394 e. The number of aliphatic hydroxyl groups excluding tert-OH is 2. The highest BCUT2D eigenvalue weighted by Crippen LogP contribution is 2.47. The van der Waals surface area contributed by atoms with Crippen molar-refractivity contribution in [1.82, 2.24) is 0 Å². The van der Waals surface area contributed by atoms with E-state index in [1.807, 2.05) is 24.3 Å². The van der Waals surface area contributed by atoms with Gasteiger partial charge in [0.2, 0.25) is 0 Å². The van der Waals surface area contributed by atoms with Gasteiger partial charge in [-0.2, -0.15) is 0 Å². The third-order valence-electron chi connectivity index (χ3n) is 4.81. The standard InChI is InChI=1S/C20H20Cl2O6/c21-19(13-7-3-1-4-8-13)25-12-16(26-19)18-17(15(24)11-23)27-20(22,28-18)14-9-5-2-6-10-14/h1-10,15-18,23-24H,11-12H2/t15-,16+,17+,18+,19?,20?/m0/s1. The first-order valence-corrected chi connectivity index (χ1v) is 9.66. The molecule has 0 bridgehead atoms. The highest BCUT2D eigenvalue weighted by atomic mass is 35.5. The number of halogens is 2. The number of hydrogen-bond acceptors (Lipinski definition) is 6. The van der Waals surface area contributed by atoms with Crippen LogP contribution in [0.25, 0.3) is 0 Å². The van der Waals surface area contributed by atoms with E-state index in [0.29, 0.717) is 11.1 Å². The van der Waals surface area contributed by atoms with E-state index < -0.39 is 41.5 Å². The van der Waals surface area contributed by atoms with Crippen molar-refractivity contribution >= 4 is 23.2 Å². The molecule has 150 valence electrons. The number of benzene rings is 2. The highest BCUT2D eigenvalue weighted by Gasteiger charge is 2.57. The number of aliphatic hydroxyl groups is 2. The van der Waals surface area contributed by atoms with E-state index in [0.717, 1.165) is 0 Å². The maximum absolute atomic E-state index is 10.3. The second-order valence-corrected chi connectivity index (χ2v) is 7.68. The van der Waals surface area contributed by atoms with Crippen molar-refractivity contribution in [2.45, 2.75) is 34.9 Å². The molecule has 0 saturated carbocycles. The number of ether oxygens (including phenoxy) is 4. The SMILES string of the molecule is OC[C@H](O)[C@H]1OC(Cl)(c2ccccc2)O[C@@H]1[C@H]1COC(Cl)(c2ccccc2)O1. The molecule has 2 heterocycles. The van der Waals surface area contributed by atoms with Gasteiger partial charge in [-0.3, -0.25) is 0 Å². The van der Waals surface area contributed by atoms with E-state index in [2.05, 4.69) is 0 Å². The molecule has 6 atom stereocenters. The molecule has 2 aromatic rings. The van der Waals surface area contributed by atoms with Crippen LogP contribution < -0.4 is 0 Å². The Labute approximate surface area is 172 Å². The zero-order valence-electron chi connectivity index (χ0n) is 14.8. The molecule has 4 rings (SSSR count). The maximum Gasteiger partial charge on any atom is 0.277 e. The fourth-order valence-electron chi connectivity index (χ4n) is 3.38. The zero-order valence-corrected chi connectivity index (χ0v) is 16.3. The first-order chi connectivity index (χ1) is 13.5. The van der Waals surface area contributed by atoms with E-state index in [4.69, 9.17) is 42.1 Å². The lowest BCUT2D eigenvalue weighted by atomic mass is 10.0. The van der Waals surface area contributed by atoms with Gasteiger partial charge in [-0.05, 0) is 0 Å². The summed E-state index contributed by atoms with van der Waals surface area (Å²) in [6.45, 7) is -0.423. The summed E-state index contributed by atoms with van der Waals surface area (Å²) in [6.07, 6.45) is -3.65. The molecule has 2 unspecified atom stereocenters. The summed E-state index contributed by atoms with van der Waals surface area (Å²) >= 11 is 13.1. The van der Waals surface area contributed by atoms with Crippen molar-refractivity contribution in [1.29, 1.82) is 0 Å². The van der Waals surface area contributed by atoms with Gasteiger partial charge in [-0.25, -0.2) is 0 Å². The first-order valence-electron chi connectivity index (χ1n) is 8.90. The summed E-state index contributed by atoms with van der Waals surface area (Å²) in [6, 6.07) is 18.0. The summed E-state index contributed by atoms with van der Waals surface area (Å²) in [7, 11) is 0. The summed E-state index contributed by atoms with van der Waals surface area (Å²) in [5.74, 6) is 0. The van der Waals surface area contributed by atoms with Crippen LogP contribution in [0.4, 0.5) is 0 Å². The van der Waals surface area contributed by atoms with Crippen LogP contribution >= 0.6 is 23.2 Å². The summed E-state index contributed by atoms with van der Waals surface area (Å²) in [5.41, 5.74) is 1.20. The Hall–Kier alpha value is -1.22. The molecule has 28 heavy (non-hydrogen) atoms. The van der Waals surface area contributed by atoms with Gasteiger partial charge in [0.05, 0.1) is 13.2 Å². The van der Waals surface area contributed by atoms with E-state index in [1.54, 1.807) is 36.4 Å². The predicted octanol–water partition coefficient (Wildman–Crippen LogP) is 2.64. The first kappa shape index (κ1) is 20.1. The lowest BCUT2D eigenvalue weighted by molar-refractivity contribution is -0.146. The fourth-order valence-corrected chi connectivity index (χ4v) is 4.01. The topological polar surface area (TPSA) is 77.4 Å². The Bertz CT molecular complexity index is 794. The van der Waals surface area contributed by atoms with Crippen LogP contribution in [0.1, 0.15) is 11.1 Å². The minimum atomic E-state index is -1.62. The van der Waals surface area contributed by atoms with E-state index in [9.17, 15) is 10.2 Å². The normalized spacial score (nSPS) is 36.5. The second-order valence-electron chi connectivity index (χ2n) is 6.69. The average Bonchev–Trinajstić information content (AvgIpc) is 3.31. The van der Waals surface area contributed by atoms with Gasteiger partial charge in [-0.15, -0.1) is 0 Å². The zero-order chi connectivity index (χ0) is 19.8. The molecular weight excluding hydrogens is 407 g/mol. The van der Waals surface area contributed by atoms with Crippen LogP contribution in [0.15, 0.2) is 60.7 Å². The lowest BCUT2D eigenvalue weighted by Crippen LogP contribution is -2.45. The van der Waals surface area contributed by atoms with Crippen LogP contribution in [0, 0.1) is 0 Å². The minimum Gasteiger partial charge on any atom is -0.394 e. The number of hydrogen-bond donors (Lipinski definition) is 2. The van der Waals surface area contributed by atoms with Gasteiger partial charge < -0.3 is 29.2 Å². The van der Waals surface area contributed by atoms with E-state index in [-0.39, 0.29) is 6.61 Å². The van der Waals surface area contributed by atoms with Crippen LogP contribution in [0.3, 0.4) is 0 Å². The van der Waals surface area contributed by atoms with Crippen molar-refractivity contribution in [2.24, 2.45) is 0 Å². The highest BCUT2D eigenvalue weighted by molar-refractivity contribution is 6.22. The van der Waals surface area contributed by atoms with E-state index in [1.165, 1.54) is 0 Å². The Morgan fingerprint density at radius 1 is 0.893 bits per heavy atom. The van der Waals surface area contributed by atoms with Crippen LogP contribution in [0.5, 0.6) is 0 Å². The third-order valence-corrected chi connectivity index (χ3v) is 5.62. The van der Waals surface area contributed by atoms with Crippen LogP contribution in [-0.4, -0.2) is 47.8 Å². The third kappa shape index (κ3) is 3.67. The molecule has 0 spiro atoms. The van der Waals surface area contributed by atoms with Crippen molar-refractivity contribution in [2.75, 3.05) is 13.2 Å². The van der Waals surface area contributed by atoms with E-state index >= 15 is 0 Å². The Balaban J connectivity index is 1.59. The van der Waals surface area contributed by atoms with Gasteiger partial charge in [-0.1, -0.05) is 83.9 Å². The molecule has 0 amide bonds. The van der Waals surface area contributed by atoms with Crippen molar-refractivity contribution < 1.29 is 29.2 Å². The number of rotatable bonds is 5. The molecule has 2 saturated heterocycles. The molecule has 0 radical (unpaired) electrons. The quantitative estimate of drug-likeness (QED) is 0.715. The summed E-state index contributed by atoms with van der Waals surface area (Å²) in [4.78, 5) is 0. The molecule has 0 aliphatic carbocycles. The molecule has 2 aromatic carbocycles. The molecule has 2 fully saturated rings. The van der Waals surface area contributed by atoms with Crippen molar-refractivity contribution in [3.63, 3.8) is 0 Å². The minimum absolute atomic E-state index is 0.100. The average molecular weight is 427 g/mol. The molecule has 8 heteroatoms. The van der Waals surface area contributed by atoms with Crippen LogP contribution in [-0.2, 0) is 29.4 Å². The maximum atomic E-state index is 10.3. The smallest absolute Gasteiger partial charge is 0.277 e. The van der Waals surface area contributed by atoms with Gasteiger partial charge in [0.15, 0.2) is 0 Å². The number of alkyl halides is 2. The Morgan fingerprint density at radius 2 is 1.46 bits per heavy atom. The predicted molar refractivity (Wildman–Crippen MR) is 102 cm³/mol. The van der Waals surface area contributed by atoms with Gasteiger partial charge in [0.1, 0.15) is 24.4 Å². The monoisotopic (exact) mass is 426 g/mol. The fraction of sp³-hybridized carbons (Fsp3) is 0.400. The Morgan fingerprint density at radius 3 is 2.04 bits per heavy atom. The molecule has 6 nitrogen and oxygen atoms in total. The van der Waals surface area contributed by atoms with Crippen molar-refractivity contribution in [3.8, 4) is 0 Å². The summed E-state index contributed by atoms with van der Waals surface area (Å²) < 4.78 is 23.5. The van der Waals surface area contributed by atoms with Crippen LogP contribution in [0.2, 0.25) is 0 Å². The molecule has 0 aromatic heterocycles. The van der Waals surface area contributed by atoms with Crippen molar-refractivity contribution in [3.05, 3.63) is 71.8 Å². The van der Waals surface area contributed by atoms with Gasteiger partial charge in [0.25, 0.3) is 10.5 Å². The van der Waals surface area contributed by atoms with Gasteiger partial charge in [0, 0.05) is 11.1 Å². The molecular formula is C20H20Cl2O6. The molecule has 2 aliphatic rings. The van der Waals surface area contributed by atoms with Gasteiger partial charge >= 0.3 is 0 Å². The Kier molecular flexibility index (Phi) is 5.66. The summed E-state index contributed by atoms with van der Waals surface area (Å²) in [5, 5.41) is 16.6. The molecule has 2 N–H and O–H groups in total. The molecule has 2 aliphatic heterocycles. The second kappa shape index (κ2) is 7.89.